The van der Waals surface area contributed by atoms with Gasteiger partial charge in [0.05, 0.1) is 30.1 Å². The second-order valence-electron chi connectivity index (χ2n) is 11.5. The molecule has 242 valence electrons. The molecule has 2 saturated heterocycles. The van der Waals surface area contributed by atoms with E-state index in [4.69, 9.17) is 5.11 Å². The number of piperidine rings is 1. The maximum Gasteiger partial charge on any atom is 0.416 e. The van der Waals surface area contributed by atoms with Gasteiger partial charge in [-0.05, 0) is 51.4 Å². The number of likely N-dealkylation sites (tertiary alicyclic amines) is 1. The number of nitrogens with zero attached hydrogens (tertiary/aromatic N) is 6. The number of nitrogens with one attached hydrogen (secondary N) is 1. The number of carbonyl (C=O) groups is 2. The first-order valence-electron chi connectivity index (χ1n) is 14.8. The van der Waals surface area contributed by atoms with E-state index in [0.717, 1.165) is 49.3 Å². The van der Waals surface area contributed by atoms with Crippen LogP contribution in [-0.2, 0) is 17.5 Å². The van der Waals surface area contributed by atoms with Crippen molar-refractivity contribution in [2.45, 2.75) is 64.3 Å². The van der Waals surface area contributed by atoms with Crippen LogP contribution in [0.5, 0.6) is 0 Å². The minimum atomic E-state index is -4.73. The summed E-state index contributed by atoms with van der Waals surface area (Å²) in [6, 6.07) is 2.67. The average molecular weight is 650 g/mol. The van der Waals surface area contributed by atoms with E-state index in [2.05, 4.69) is 37.0 Å². The van der Waals surface area contributed by atoms with Crippen LogP contribution in [0.15, 0.2) is 30.6 Å². The summed E-state index contributed by atoms with van der Waals surface area (Å²) in [4.78, 5) is 44.2. The quantitative estimate of drug-likeness (QED) is 0.296. The number of amides is 1. The topological polar surface area (TPSA) is 115 Å². The molecule has 0 saturated carbocycles. The maximum absolute atomic E-state index is 14.4. The molecular formula is C30H35F4N7O3S. The van der Waals surface area contributed by atoms with Crippen LogP contribution in [0.25, 0.3) is 11.3 Å². The minimum Gasteiger partial charge on any atom is -0.481 e. The number of piperazine rings is 1. The molecular weight excluding hydrogens is 614 g/mol. The van der Waals surface area contributed by atoms with Crippen LogP contribution in [0.1, 0.15) is 60.5 Å². The highest BCUT2D eigenvalue weighted by Crippen LogP contribution is 2.37. The lowest BCUT2D eigenvalue weighted by Crippen LogP contribution is -2.52. The van der Waals surface area contributed by atoms with E-state index in [-0.39, 0.29) is 40.6 Å². The van der Waals surface area contributed by atoms with Crippen molar-refractivity contribution >= 4 is 34.2 Å². The molecule has 2 aromatic heterocycles. The van der Waals surface area contributed by atoms with Gasteiger partial charge in [0, 0.05) is 55.2 Å². The van der Waals surface area contributed by atoms with Crippen molar-refractivity contribution in [2.24, 2.45) is 0 Å². The lowest BCUT2D eigenvalue weighted by Gasteiger charge is -2.40. The largest absolute Gasteiger partial charge is 0.481 e. The highest BCUT2D eigenvalue weighted by atomic mass is 32.1. The summed E-state index contributed by atoms with van der Waals surface area (Å²) in [5, 5.41) is 11.8. The minimum absolute atomic E-state index is 0.0138. The molecule has 2 N–H and O–H groups in total. The van der Waals surface area contributed by atoms with E-state index in [9.17, 15) is 27.2 Å². The fourth-order valence-corrected chi connectivity index (χ4v) is 6.79. The van der Waals surface area contributed by atoms with Crippen molar-refractivity contribution in [3.05, 3.63) is 52.5 Å². The molecule has 2 aliphatic heterocycles. The van der Waals surface area contributed by atoms with Gasteiger partial charge in [0.25, 0.3) is 5.91 Å². The van der Waals surface area contributed by atoms with E-state index in [0.29, 0.717) is 49.5 Å². The number of hydrogen-bond donors (Lipinski definition) is 2. The lowest BCUT2D eigenvalue weighted by molar-refractivity contribution is -0.138. The molecule has 2 atom stereocenters. The number of carboxylic acid groups (broad SMARTS) is 1. The Labute approximate surface area is 262 Å². The van der Waals surface area contributed by atoms with Gasteiger partial charge in [-0.2, -0.15) is 13.2 Å². The molecule has 1 amide bonds. The van der Waals surface area contributed by atoms with Gasteiger partial charge in [-0.3, -0.25) is 24.7 Å². The second-order valence-corrected chi connectivity index (χ2v) is 12.6. The molecule has 0 radical (unpaired) electrons. The molecule has 3 aromatic rings. The zero-order valence-corrected chi connectivity index (χ0v) is 25.8. The Hall–Kier alpha value is -3.69. The number of benzene rings is 1. The van der Waals surface area contributed by atoms with Gasteiger partial charge in [-0.1, -0.05) is 17.8 Å². The van der Waals surface area contributed by atoms with Crippen LogP contribution in [0.2, 0.25) is 0 Å². The first-order chi connectivity index (χ1) is 21.4. The number of rotatable bonds is 9. The molecule has 5 rings (SSSR count). The second kappa shape index (κ2) is 13.7. The van der Waals surface area contributed by atoms with Gasteiger partial charge in [-0.15, -0.1) is 0 Å². The Morgan fingerprint density at radius 1 is 1.07 bits per heavy atom. The molecule has 1 aromatic carbocycles. The van der Waals surface area contributed by atoms with Crippen molar-refractivity contribution < 1.29 is 32.3 Å². The summed E-state index contributed by atoms with van der Waals surface area (Å²) in [5.74, 6) is -1.87. The van der Waals surface area contributed by atoms with E-state index in [1.54, 1.807) is 0 Å². The number of thiazole rings is 1. The van der Waals surface area contributed by atoms with Crippen molar-refractivity contribution in [3.63, 3.8) is 0 Å². The highest BCUT2D eigenvalue weighted by molar-refractivity contribution is 7.16. The SMILES string of the molecule is C[C@@H]1CCCCN1Cc1sc(NC(=O)c2cnc(N3CCN(CCC(=O)O)C[C@H]3C)cn2)nc1-c1cc(F)cc(C(F)(F)F)c1. The molecule has 45 heavy (non-hydrogen) atoms. The fourth-order valence-electron chi connectivity index (χ4n) is 5.78. The molecule has 0 bridgehead atoms. The molecule has 15 heteroatoms. The van der Waals surface area contributed by atoms with Crippen LogP contribution >= 0.6 is 11.3 Å². The third-order valence-corrected chi connectivity index (χ3v) is 9.18. The number of carbonyl (C=O) groups excluding carboxylic acids is 1. The van der Waals surface area contributed by atoms with Gasteiger partial charge in [-0.25, -0.2) is 19.3 Å². The predicted octanol–water partition coefficient (Wildman–Crippen LogP) is 5.37. The van der Waals surface area contributed by atoms with Gasteiger partial charge in [0.1, 0.15) is 17.3 Å². The van der Waals surface area contributed by atoms with Crippen LogP contribution in [0, 0.1) is 5.82 Å². The Bertz CT molecular complexity index is 1520. The third kappa shape index (κ3) is 8.13. The zero-order chi connectivity index (χ0) is 32.3. The van der Waals surface area contributed by atoms with E-state index < -0.39 is 29.4 Å². The number of halogens is 4. The maximum atomic E-state index is 14.4. The van der Waals surface area contributed by atoms with E-state index >= 15 is 0 Å². The Balaban J connectivity index is 1.33. The normalized spacial score (nSPS) is 19.9. The van der Waals surface area contributed by atoms with Gasteiger partial charge < -0.3 is 10.0 Å². The fraction of sp³-hybridized carbons (Fsp3) is 0.500. The van der Waals surface area contributed by atoms with Gasteiger partial charge >= 0.3 is 12.1 Å². The molecule has 2 fully saturated rings. The number of hydrogen-bond acceptors (Lipinski definition) is 9. The summed E-state index contributed by atoms with van der Waals surface area (Å²) in [5.41, 5.74) is -0.907. The molecule has 0 unspecified atom stereocenters. The standard InChI is InChI=1S/C30H35F4N7O3S/c1-18-5-3-4-7-40(18)17-24-27(20-11-21(30(32,33)34)13-22(31)12-20)37-29(45-24)38-28(44)23-14-36-25(15-35-23)41-10-9-39(16-19(41)2)8-6-26(42)43/h11-15,18-19H,3-10,16-17H2,1-2H3,(H,42,43)(H,37,38,44)/t18-,19-/m1/s1. The van der Waals surface area contributed by atoms with Crippen LogP contribution in [0.4, 0.5) is 28.5 Å². The van der Waals surface area contributed by atoms with Crippen LogP contribution in [-0.4, -0.2) is 86.5 Å². The molecule has 0 aliphatic carbocycles. The number of anilines is 2. The van der Waals surface area contributed by atoms with Crippen LogP contribution in [0.3, 0.4) is 0 Å². The zero-order valence-electron chi connectivity index (χ0n) is 25.0. The predicted molar refractivity (Wildman–Crippen MR) is 162 cm³/mol. The Kier molecular flexibility index (Phi) is 9.99. The molecule has 4 heterocycles. The summed E-state index contributed by atoms with van der Waals surface area (Å²) in [7, 11) is 0. The van der Waals surface area contributed by atoms with E-state index in [1.165, 1.54) is 12.4 Å². The lowest BCUT2D eigenvalue weighted by atomic mass is 10.0. The van der Waals surface area contributed by atoms with Crippen LogP contribution < -0.4 is 10.2 Å². The number of aliphatic carboxylic acids is 1. The first-order valence-corrected chi connectivity index (χ1v) is 15.6. The average Bonchev–Trinajstić information content (AvgIpc) is 3.38. The smallest absolute Gasteiger partial charge is 0.416 e. The third-order valence-electron chi connectivity index (χ3n) is 8.22. The Morgan fingerprint density at radius 3 is 2.53 bits per heavy atom. The molecule has 0 spiro atoms. The van der Waals surface area contributed by atoms with Crippen molar-refractivity contribution in [1.82, 2.24) is 24.8 Å². The Morgan fingerprint density at radius 2 is 1.87 bits per heavy atom. The highest BCUT2D eigenvalue weighted by Gasteiger charge is 2.32. The molecule has 10 nitrogen and oxygen atoms in total. The van der Waals surface area contributed by atoms with Gasteiger partial charge in [0.2, 0.25) is 0 Å². The van der Waals surface area contributed by atoms with E-state index in [1.807, 2.05) is 11.8 Å². The van der Waals surface area contributed by atoms with Crippen molar-refractivity contribution in [3.8, 4) is 11.3 Å². The van der Waals surface area contributed by atoms with Crippen molar-refractivity contribution in [2.75, 3.05) is 42.9 Å². The summed E-state index contributed by atoms with van der Waals surface area (Å²) < 4.78 is 54.9. The number of aromatic nitrogens is 3. The summed E-state index contributed by atoms with van der Waals surface area (Å²) >= 11 is 1.14. The molecule has 2 aliphatic rings. The summed E-state index contributed by atoms with van der Waals surface area (Å²) in [6.07, 6.45) is 1.27. The first kappa shape index (κ1) is 32.7. The monoisotopic (exact) mass is 649 g/mol. The van der Waals surface area contributed by atoms with Crippen molar-refractivity contribution in [1.29, 1.82) is 0 Å². The van der Waals surface area contributed by atoms with Gasteiger partial charge in [0.15, 0.2) is 5.13 Å². The summed E-state index contributed by atoms with van der Waals surface area (Å²) in [6.45, 7) is 7.74. The number of alkyl halides is 3. The number of carboxylic acids is 1.